The molecule has 2 aromatic heterocycles. The molecule has 0 saturated heterocycles. The van der Waals surface area contributed by atoms with Gasteiger partial charge in [-0.1, -0.05) is 67.1 Å². The standard InChI is InChI=1S/C29H33N5O/c30-25-18-23(26-27(31-25)33-34-32-26)22(20-8-3-1-4-9-20)12-7-13-28-14-16-29(17-15-28,24(35)19-28)21-10-5-2-6-11-21/h1-6,8-11,18,22,24,35H,7,12-17,19H2,(H3,30,31,32,33,34). The summed E-state index contributed by atoms with van der Waals surface area (Å²) >= 11 is 0. The first kappa shape index (κ1) is 22.2. The van der Waals surface area contributed by atoms with E-state index in [9.17, 15) is 5.11 Å². The van der Waals surface area contributed by atoms with Crippen LogP contribution in [-0.2, 0) is 5.41 Å². The molecule has 4 N–H and O–H groups in total. The molecule has 180 valence electrons. The van der Waals surface area contributed by atoms with Crippen LogP contribution in [0.25, 0.3) is 11.2 Å². The number of nitrogens with one attached hydrogen (secondary N) is 1. The highest BCUT2D eigenvalue weighted by atomic mass is 16.3. The van der Waals surface area contributed by atoms with Gasteiger partial charge in [-0.05, 0) is 73.1 Å². The second-order valence-corrected chi connectivity index (χ2v) is 10.7. The Kier molecular flexibility index (Phi) is 5.56. The van der Waals surface area contributed by atoms with Gasteiger partial charge in [-0.2, -0.15) is 10.3 Å². The van der Waals surface area contributed by atoms with E-state index >= 15 is 0 Å². The smallest absolute Gasteiger partial charge is 0.203 e. The molecule has 6 nitrogen and oxygen atoms in total. The van der Waals surface area contributed by atoms with Crippen molar-refractivity contribution in [3.63, 3.8) is 0 Å². The number of benzene rings is 2. The maximum atomic E-state index is 11.3. The average molecular weight is 468 g/mol. The number of pyridine rings is 1. The van der Waals surface area contributed by atoms with Crippen LogP contribution in [0.3, 0.4) is 0 Å². The van der Waals surface area contributed by atoms with Crippen LogP contribution >= 0.6 is 0 Å². The number of nitrogens with two attached hydrogens (primary N) is 1. The van der Waals surface area contributed by atoms with Gasteiger partial charge in [-0.15, -0.1) is 5.10 Å². The zero-order chi connectivity index (χ0) is 23.9. The van der Waals surface area contributed by atoms with Crippen molar-refractivity contribution in [1.82, 2.24) is 20.4 Å². The van der Waals surface area contributed by atoms with Crippen LogP contribution < -0.4 is 5.73 Å². The van der Waals surface area contributed by atoms with E-state index in [-0.39, 0.29) is 22.9 Å². The fraction of sp³-hybridized carbons (Fsp3) is 0.414. The molecule has 4 aromatic rings. The molecular weight excluding hydrogens is 434 g/mol. The average Bonchev–Trinajstić information content (AvgIpc) is 3.36. The molecule has 7 rings (SSSR count). The van der Waals surface area contributed by atoms with Gasteiger partial charge < -0.3 is 10.8 Å². The zero-order valence-corrected chi connectivity index (χ0v) is 20.0. The molecule has 2 unspecified atom stereocenters. The van der Waals surface area contributed by atoms with Crippen molar-refractivity contribution in [3.05, 3.63) is 83.4 Å². The summed E-state index contributed by atoms with van der Waals surface area (Å²) in [7, 11) is 0. The molecule has 2 atom stereocenters. The van der Waals surface area contributed by atoms with E-state index in [4.69, 9.17) is 5.73 Å². The number of fused-ring (bicyclic) bond motifs is 4. The van der Waals surface area contributed by atoms with Crippen molar-refractivity contribution in [2.45, 2.75) is 68.8 Å². The normalized spacial score (nSPS) is 26.7. The molecule has 0 amide bonds. The number of nitrogens with zero attached hydrogens (tertiary/aromatic N) is 3. The number of aliphatic hydroxyl groups excluding tert-OH is 1. The fourth-order valence-corrected chi connectivity index (χ4v) is 6.99. The van der Waals surface area contributed by atoms with Gasteiger partial charge in [0, 0.05) is 11.3 Å². The van der Waals surface area contributed by atoms with Gasteiger partial charge in [-0.25, -0.2) is 4.98 Å². The molecule has 35 heavy (non-hydrogen) atoms. The first-order valence-corrected chi connectivity index (χ1v) is 12.8. The second kappa shape index (κ2) is 8.76. The van der Waals surface area contributed by atoms with Gasteiger partial charge in [0.05, 0.1) is 6.10 Å². The van der Waals surface area contributed by atoms with E-state index in [0.29, 0.717) is 11.5 Å². The van der Waals surface area contributed by atoms with E-state index in [1.807, 2.05) is 6.07 Å². The van der Waals surface area contributed by atoms with Crippen molar-refractivity contribution in [1.29, 1.82) is 0 Å². The molecule has 2 heterocycles. The Balaban J connectivity index is 1.21. The zero-order valence-electron chi connectivity index (χ0n) is 20.0. The molecule has 3 aliphatic rings. The van der Waals surface area contributed by atoms with Crippen molar-refractivity contribution in [2.24, 2.45) is 5.41 Å². The summed E-state index contributed by atoms with van der Waals surface area (Å²) in [4.78, 5) is 4.34. The van der Waals surface area contributed by atoms with Gasteiger partial charge in [0.2, 0.25) is 5.65 Å². The van der Waals surface area contributed by atoms with Gasteiger partial charge in [-0.3, -0.25) is 0 Å². The predicted molar refractivity (Wildman–Crippen MR) is 138 cm³/mol. The molecule has 3 fully saturated rings. The van der Waals surface area contributed by atoms with Gasteiger partial charge in [0.15, 0.2) is 0 Å². The van der Waals surface area contributed by atoms with Gasteiger partial charge >= 0.3 is 0 Å². The van der Waals surface area contributed by atoms with E-state index in [1.54, 1.807) is 0 Å². The molecule has 3 aliphatic carbocycles. The summed E-state index contributed by atoms with van der Waals surface area (Å²) in [6, 6.07) is 23.2. The third-order valence-corrected chi connectivity index (χ3v) is 8.93. The van der Waals surface area contributed by atoms with E-state index in [1.165, 1.54) is 24.0 Å². The van der Waals surface area contributed by atoms with Crippen LogP contribution in [0, 0.1) is 5.41 Å². The number of aliphatic hydroxyl groups is 1. The minimum atomic E-state index is -0.257. The van der Waals surface area contributed by atoms with E-state index in [2.05, 4.69) is 81.1 Å². The second-order valence-electron chi connectivity index (χ2n) is 10.7. The molecule has 6 heteroatoms. The molecule has 0 aliphatic heterocycles. The van der Waals surface area contributed by atoms with Crippen LogP contribution in [-0.4, -0.2) is 31.6 Å². The fourth-order valence-electron chi connectivity index (χ4n) is 6.99. The summed E-state index contributed by atoms with van der Waals surface area (Å²) in [5, 5.41) is 22.6. The summed E-state index contributed by atoms with van der Waals surface area (Å²) in [6.07, 6.45) is 8.45. The lowest BCUT2D eigenvalue weighted by atomic mass is 9.49. The Hall–Kier alpha value is -3.25. The predicted octanol–water partition coefficient (Wildman–Crippen LogP) is 5.50. The Labute approximate surface area is 206 Å². The van der Waals surface area contributed by atoms with Crippen molar-refractivity contribution in [2.75, 3.05) is 5.73 Å². The summed E-state index contributed by atoms with van der Waals surface area (Å²) in [5.74, 6) is 0.645. The molecular formula is C29H33N5O. The van der Waals surface area contributed by atoms with Crippen LogP contribution in [0.1, 0.15) is 74.0 Å². The first-order valence-electron chi connectivity index (χ1n) is 12.8. The highest BCUT2D eigenvalue weighted by molar-refractivity contribution is 5.77. The Morgan fingerprint density at radius 2 is 1.69 bits per heavy atom. The molecule has 3 saturated carbocycles. The number of anilines is 1. The monoisotopic (exact) mass is 467 g/mol. The topological polar surface area (TPSA) is 101 Å². The minimum absolute atomic E-state index is 0.0529. The molecule has 2 bridgehead atoms. The summed E-state index contributed by atoms with van der Waals surface area (Å²) in [5.41, 5.74) is 11.4. The molecule has 2 aromatic carbocycles. The number of aromatic nitrogens is 4. The number of H-pyrrole nitrogens is 1. The maximum absolute atomic E-state index is 11.3. The highest BCUT2D eigenvalue weighted by Crippen LogP contribution is 2.59. The minimum Gasteiger partial charge on any atom is -0.392 e. The Morgan fingerprint density at radius 1 is 0.971 bits per heavy atom. The number of nitrogen functional groups attached to an aromatic ring is 1. The lowest BCUT2D eigenvalue weighted by molar-refractivity contribution is -0.0779. The Bertz CT molecular complexity index is 1290. The number of hydrogen-bond donors (Lipinski definition) is 3. The maximum Gasteiger partial charge on any atom is 0.203 e. The van der Waals surface area contributed by atoms with Crippen LogP contribution in [0.15, 0.2) is 66.7 Å². The van der Waals surface area contributed by atoms with Crippen LogP contribution in [0.2, 0.25) is 0 Å². The number of aromatic amines is 1. The first-order chi connectivity index (χ1) is 17.1. The summed E-state index contributed by atoms with van der Waals surface area (Å²) in [6.45, 7) is 0. The quantitative estimate of drug-likeness (QED) is 0.333. The van der Waals surface area contributed by atoms with Crippen molar-refractivity contribution in [3.8, 4) is 0 Å². The third-order valence-electron chi connectivity index (χ3n) is 8.93. The van der Waals surface area contributed by atoms with E-state index in [0.717, 1.165) is 49.6 Å². The van der Waals surface area contributed by atoms with Crippen molar-refractivity contribution < 1.29 is 5.11 Å². The molecule has 0 radical (unpaired) electrons. The van der Waals surface area contributed by atoms with Gasteiger partial charge in [0.25, 0.3) is 0 Å². The lowest BCUT2D eigenvalue weighted by Gasteiger charge is -2.57. The lowest BCUT2D eigenvalue weighted by Crippen LogP contribution is -2.53. The van der Waals surface area contributed by atoms with E-state index < -0.39 is 0 Å². The largest absolute Gasteiger partial charge is 0.392 e. The number of hydrogen-bond acceptors (Lipinski definition) is 5. The SMILES string of the molecule is Nc1cc(C(CCCC23CCC(c4ccccc4)(CC2)C(O)C3)c2ccccc2)c2n[nH]nc2n1. The van der Waals surface area contributed by atoms with Gasteiger partial charge in [0.1, 0.15) is 11.3 Å². The number of rotatable bonds is 7. The molecule has 0 spiro atoms. The third kappa shape index (κ3) is 3.90. The Morgan fingerprint density at radius 3 is 2.40 bits per heavy atom. The summed E-state index contributed by atoms with van der Waals surface area (Å²) < 4.78 is 0. The van der Waals surface area contributed by atoms with Crippen LogP contribution in [0.4, 0.5) is 5.82 Å². The van der Waals surface area contributed by atoms with Crippen molar-refractivity contribution >= 4 is 17.0 Å². The van der Waals surface area contributed by atoms with Crippen LogP contribution in [0.5, 0.6) is 0 Å². The highest BCUT2D eigenvalue weighted by Gasteiger charge is 2.54.